The first-order valence-electron chi connectivity index (χ1n) is 5.62. The van der Waals surface area contributed by atoms with E-state index in [9.17, 15) is 4.79 Å². The van der Waals surface area contributed by atoms with E-state index in [-0.39, 0.29) is 0 Å². The summed E-state index contributed by atoms with van der Waals surface area (Å²) in [6.45, 7) is 4.25. The Labute approximate surface area is 91.5 Å². The van der Waals surface area contributed by atoms with Gasteiger partial charge < -0.3 is 0 Å². The fourth-order valence-electron chi connectivity index (χ4n) is 1.55. The Morgan fingerprint density at radius 1 is 1.60 bits per heavy atom. The molecule has 0 saturated carbocycles. The molecule has 0 saturated heterocycles. The second kappa shape index (κ2) is 5.69. The summed E-state index contributed by atoms with van der Waals surface area (Å²) >= 11 is 0. The third-order valence-electron chi connectivity index (χ3n) is 2.86. The SMILES string of the molecule is CCC(C)CC(=O)CCc1ccnn1C. The third kappa shape index (κ3) is 3.86. The molecule has 1 aromatic rings. The normalized spacial score (nSPS) is 12.7. The van der Waals surface area contributed by atoms with Gasteiger partial charge >= 0.3 is 0 Å². The molecular weight excluding hydrogens is 188 g/mol. The van der Waals surface area contributed by atoms with Crippen LogP contribution < -0.4 is 0 Å². The highest BCUT2D eigenvalue weighted by Gasteiger charge is 2.08. The van der Waals surface area contributed by atoms with Gasteiger partial charge in [0.05, 0.1) is 0 Å². The van der Waals surface area contributed by atoms with Gasteiger partial charge in [-0.1, -0.05) is 20.3 Å². The molecule has 84 valence electrons. The molecule has 0 aliphatic heterocycles. The molecule has 3 nitrogen and oxygen atoms in total. The van der Waals surface area contributed by atoms with Gasteiger partial charge in [-0.2, -0.15) is 5.10 Å². The van der Waals surface area contributed by atoms with E-state index in [0.717, 1.165) is 18.5 Å². The van der Waals surface area contributed by atoms with Crippen molar-refractivity contribution >= 4 is 5.78 Å². The van der Waals surface area contributed by atoms with Crippen molar-refractivity contribution in [2.45, 2.75) is 39.5 Å². The molecule has 0 aliphatic carbocycles. The minimum absolute atomic E-state index is 0.366. The van der Waals surface area contributed by atoms with E-state index in [1.165, 1.54) is 0 Å². The molecule has 15 heavy (non-hydrogen) atoms. The molecule has 3 heteroatoms. The number of carbonyl (C=O) groups excluding carboxylic acids is 1. The smallest absolute Gasteiger partial charge is 0.133 e. The van der Waals surface area contributed by atoms with Crippen LogP contribution in [0.15, 0.2) is 12.3 Å². The Morgan fingerprint density at radius 3 is 2.87 bits per heavy atom. The Morgan fingerprint density at radius 2 is 2.33 bits per heavy atom. The van der Waals surface area contributed by atoms with Crippen molar-refractivity contribution < 1.29 is 4.79 Å². The molecule has 0 N–H and O–H groups in total. The van der Waals surface area contributed by atoms with Crippen molar-refractivity contribution in [2.24, 2.45) is 13.0 Å². The van der Waals surface area contributed by atoms with Crippen LogP contribution in [0.3, 0.4) is 0 Å². The molecule has 0 aromatic carbocycles. The predicted octanol–water partition coefficient (Wildman–Crippen LogP) is 2.36. The van der Waals surface area contributed by atoms with Crippen LogP contribution in [-0.4, -0.2) is 15.6 Å². The number of rotatable bonds is 6. The van der Waals surface area contributed by atoms with Gasteiger partial charge in [0, 0.05) is 31.8 Å². The Bertz CT molecular complexity index is 317. The minimum atomic E-state index is 0.366. The van der Waals surface area contributed by atoms with Crippen molar-refractivity contribution in [1.82, 2.24) is 9.78 Å². The van der Waals surface area contributed by atoms with E-state index in [2.05, 4.69) is 18.9 Å². The zero-order valence-corrected chi connectivity index (χ0v) is 9.86. The summed E-state index contributed by atoms with van der Waals surface area (Å²) in [7, 11) is 1.91. The van der Waals surface area contributed by atoms with Crippen LogP contribution in [0.4, 0.5) is 0 Å². The summed E-state index contributed by atoms with van der Waals surface area (Å²) in [6.07, 6.45) is 5.02. The maximum absolute atomic E-state index is 11.6. The van der Waals surface area contributed by atoms with Crippen LogP contribution in [0, 0.1) is 5.92 Å². The van der Waals surface area contributed by atoms with Gasteiger partial charge in [0.1, 0.15) is 5.78 Å². The molecular formula is C12H20N2O. The van der Waals surface area contributed by atoms with E-state index in [0.29, 0.717) is 24.5 Å². The van der Waals surface area contributed by atoms with Crippen molar-refractivity contribution in [3.63, 3.8) is 0 Å². The summed E-state index contributed by atoms with van der Waals surface area (Å²) in [6, 6.07) is 1.97. The lowest BCUT2D eigenvalue weighted by Crippen LogP contribution is -2.07. The lowest BCUT2D eigenvalue weighted by atomic mass is 9.99. The number of nitrogens with zero attached hydrogens (tertiary/aromatic N) is 2. The maximum Gasteiger partial charge on any atom is 0.133 e. The monoisotopic (exact) mass is 208 g/mol. The third-order valence-corrected chi connectivity index (χ3v) is 2.86. The second-order valence-electron chi connectivity index (χ2n) is 4.20. The Hall–Kier alpha value is -1.12. The fraction of sp³-hybridized carbons (Fsp3) is 0.667. The number of ketones is 1. The molecule has 1 rings (SSSR count). The van der Waals surface area contributed by atoms with Crippen molar-refractivity contribution in [3.05, 3.63) is 18.0 Å². The molecule has 1 unspecified atom stereocenters. The van der Waals surface area contributed by atoms with Crippen LogP contribution in [0.1, 0.15) is 38.8 Å². The van der Waals surface area contributed by atoms with Crippen molar-refractivity contribution in [1.29, 1.82) is 0 Å². The van der Waals surface area contributed by atoms with Gasteiger partial charge in [-0.3, -0.25) is 9.48 Å². The van der Waals surface area contributed by atoms with Crippen LogP contribution in [0.5, 0.6) is 0 Å². The van der Waals surface area contributed by atoms with Gasteiger partial charge in [-0.25, -0.2) is 0 Å². The topological polar surface area (TPSA) is 34.9 Å². The molecule has 0 bridgehead atoms. The lowest BCUT2D eigenvalue weighted by Gasteiger charge is -2.06. The fourth-order valence-corrected chi connectivity index (χ4v) is 1.55. The molecule has 1 atom stereocenters. The van der Waals surface area contributed by atoms with E-state index in [4.69, 9.17) is 0 Å². The number of Topliss-reactive ketones (excluding diaryl/α,β-unsaturated/α-hetero) is 1. The number of hydrogen-bond acceptors (Lipinski definition) is 2. The zero-order valence-electron chi connectivity index (χ0n) is 9.86. The summed E-state index contributed by atoms with van der Waals surface area (Å²) in [5, 5.41) is 4.08. The Balaban J connectivity index is 2.31. The van der Waals surface area contributed by atoms with E-state index >= 15 is 0 Å². The Kier molecular flexibility index (Phi) is 4.53. The van der Waals surface area contributed by atoms with Crippen LogP contribution >= 0.6 is 0 Å². The second-order valence-corrected chi connectivity index (χ2v) is 4.20. The molecule has 0 radical (unpaired) electrons. The van der Waals surface area contributed by atoms with E-state index < -0.39 is 0 Å². The predicted molar refractivity (Wildman–Crippen MR) is 60.6 cm³/mol. The first-order chi connectivity index (χ1) is 7.13. The first-order valence-corrected chi connectivity index (χ1v) is 5.62. The first kappa shape index (κ1) is 12.0. The summed E-state index contributed by atoms with van der Waals surface area (Å²) in [5.74, 6) is 0.884. The summed E-state index contributed by atoms with van der Waals surface area (Å²) < 4.78 is 1.83. The molecule has 0 amide bonds. The standard InChI is InChI=1S/C12H20N2O/c1-4-10(2)9-12(15)6-5-11-7-8-13-14(11)3/h7-8,10H,4-6,9H2,1-3H3. The van der Waals surface area contributed by atoms with Crippen molar-refractivity contribution in [3.8, 4) is 0 Å². The average Bonchev–Trinajstić information content (AvgIpc) is 2.61. The summed E-state index contributed by atoms with van der Waals surface area (Å²) in [5.41, 5.74) is 1.13. The highest BCUT2D eigenvalue weighted by Crippen LogP contribution is 2.10. The molecule has 0 aliphatic rings. The number of carbonyl (C=O) groups is 1. The van der Waals surface area contributed by atoms with E-state index in [1.54, 1.807) is 6.20 Å². The van der Waals surface area contributed by atoms with Crippen LogP contribution in [0.2, 0.25) is 0 Å². The highest BCUT2D eigenvalue weighted by molar-refractivity contribution is 5.78. The highest BCUT2D eigenvalue weighted by atomic mass is 16.1. The van der Waals surface area contributed by atoms with Gasteiger partial charge in [-0.15, -0.1) is 0 Å². The summed E-state index contributed by atoms with van der Waals surface area (Å²) in [4.78, 5) is 11.6. The molecule has 1 aromatic heterocycles. The molecule has 1 heterocycles. The van der Waals surface area contributed by atoms with Crippen molar-refractivity contribution in [2.75, 3.05) is 0 Å². The molecule has 0 fully saturated rings. The largest absolute Gasteiger partial charge is 0.300 e. The van der Waals surface area contributed by atoms with Gasteiger partial charge in [-0.05, 0) is 18.4 Å². The van der Waals surface area contributed by atoms with Gasteiger partial charge in [0.2, 0.25) is 0 Å². The van der Waals surface area contributed by atoms with Crippen LogP contribution in [-0.2, 0) is 18.3 Å². The lowest BCUT2D eigenvalue weighted by molar-refractivity contribution is -0.119. The quantitative estimate of drug-likeness (QED) is 0.719. The number of aryl methyl sites for hydroxylation is 2. The van der Waals surface area contributed by atoms with Gasteiger partial charge in [0.25, 0.3) is 0 Å². The molecule has 0 spiro atoms. The maximum atomic E-state index is 11.6. The van der Waals surface area contributed by atoms with Crippen LogP contribution in [0.25, 0.3) is 0 Å². The average molecular weight is 208 g/mol. The minimum Gasteiger partial charge on any atom is -0.300 e. The van der Waals surface area contributed by atoms with E-state index in [1.807, 2.05) is 17.8 Å². The van der Waals surface area contributed by atoms with Gasteiger partial charge in [0.15, 0.2) is 0 Å². The number of hydrogen-bond donors (Lipinski definition) is 0. The number of aromatic nitrogens is 2. The zero-order chi connectivity index (χ0) is 11.3.